The molecule has 1 aliphatic carbocycles. The first-order chi connectivity index (χ1) is 13.3. The van der Waals surface area contributed by atoms with Gasteiger partial charge in [-0.2, -0.15) is 0 Å². The number of carboxylic acids is 1. The number of unbranched alkanes of at least 4 members (excludes halogenated alkanes) is 7. The molecule has 3 unspecified atom stereocenters. The van der Waals surface area contributed by atoms with Gasteiger partial charge in [0.1, 0.15) is 6.10 Å². The summed E-state index contributed by atoms with van der Waals surface area (Å²) in [5, 5.41) is 9.57. The van der Waals surface area contributed by atoms with Gasteiger partial charge in [-0.05, 0) is 44.9 Å². The number of ether oxygens (including phenoxy) is 1. The van der Waals surface area contributed by atoms with Crippen LogP contribution in [0.3, 0.4) is 0 Å². The second-order valence-electron chi connectivity index (χ2n) is 9.47. The van der Waals surface area contributed by atoms with Crippen molar-refractivity contribution < 1.29 is 19.4 Å². The van der Waals surface area contributed by atoms with Crippen molar-refractivity contribution in [1.29, 1.82) is 0 Å². The fraction of sp³-hybridized carbons (Fsp3) is 0.917. The van der Waals surface area contributed by atoms with Crippen molar-refractivity contribution in [2.45, 2.75) is 124 Å². The maximum atomic E-state index is 13.0. The molecule has 0 saturated heterocycles. The SMILES string of the molecule is CCCCCCCCCCC(CC(C)C)OC(=O)C1(C)CCCCC1C(=O)O. The summed E-state index contributed by atoms with van der Waals surface area (Å²) in [5.41, 5.74) is -0.876. The average Bonchev–Trinajstić information content (AvgIpc) is 2.63. The summed E-state index contributed by atoms with van der Waals surface area (Å²) in [6.45, 7) is 8.34. The van der Waals surface area contributed by atoms with Crippen molar-refractivity contribution in [3.63, 3.8) is 0 Å². The first-order valence-corrected chi connectivity index (χ1v) is 11.7. The van der Waals surface area contributed by atoms with E-state index < -0.39 is 17.3 Å². The van der Waals surface area contributed by atoms with E-state index in [1.165, 1.54) is 44.9 Å². The molecular weight excluding hydrogens is 352 g/mol. The number of carbonyl (C=O) groups is 2. The van der Waals surface area contributed by atoms with E-state index in [1.54, 1.807) is 6.92 Å². The Morgan fingerprint density at radius 2 is 1.64 bits per heavy atom. The van der Waals surface area contributed by atoms with Crippen LogP contribution in [0.25, 0.3) is 0 Å². The van der Waals surface area contributed by atoms with Crippen LogP contribution >= 0.6 is 0 Å². The molecule has 1 N–H and O–H groups in total. The zero-order chi connectivity index (χ0) is 21.0. The Kier molecular flexibility index (Phi) is 11.8. The average molecular weight is 397 g/mol. The molecule has 0 aromatic carbocycles. The summed E-state index contributed by atoms with van der Waals surface area (Å²) >= 11 is 0. The molecule has 4 heteroatoms. The second-order valence-corrected chi connectivity index (χ2v) is 9.47. The van der Waals surface area contributed by atoms with Gasteiger partial charge in [0.05, 0.1) is 11.3 Å². The molecule has 0 aromatic rings. The first-order valence-electron chi connectivity index (χ1n) is 11.7. The van der Waals surface area contributed by atoms with E-state index >= 15 is 0 Å². The standard InChI is InChI=1S/C24H44O4/c1-5-6-7-8-9-10-11-12-15-20(18-19(2)3)28-23(27)24(4)17-14-13-16-21(24)22(25)26/h19-21H,5-18H2,1-4H3,(H,25,26). The van der Waals surface area contributed by atoms with Crippen molar-refractivity contribution in [2.75, 3.05) is 0 Å². The molecule has 0 bridgehead atoms. The van der Waals surface area contributed by atoms with E-state index in [-0.39, 0.29) is 12.1 Å². The zero-order valence-electron chi connectivity index (χ0n) is 18.8. The van der Waals surface area contributed by atoms with Crippen LogP contribution in [0, 0.1) is 17.3 Å². The maximum absolute atomic E-state index is 13.0. The summed E-state index contributed by atoms with van der Waals surface area (Å²) in [6, 6.07) is 0. The second kappa shape index (κ2) is 13.2. The van der Waals surface area contributed by atoms with Gasteiger partial charge in [-0.15, -0.1) is 0 Å². The highest BCUT2D eigenvalue weighted by atomic mass is 16.5. The van der Waals surface area contributed by atoms with Crippen LogP contribution in [0.4, 0.5) is 0 Å². The van der Waals surface area contributed by atoms with Crippen LogP contribution in [-0.2, 0) is 14.3 Å². The maximum Gasteiger partial charge on any atom is 0.312 e. The summed E-state index contributed by atoms with van der Waals surface area (Å²) < 4.78 is 5.94. The van der Waals surface area contributed by atoms with E-state index in [0.29, 0.717) is 18.8 Å². The van der Waals surface area contributed by atoms with Crippen molar-refractivity contribution >= 4 is 11.9 Å². The molecule has 0 amide bonds. The van der Waals surface area contributed by atoms with E-state index in [0.717, 1.165) is 32.1 Å². The van der Waals surface area contributed by atoms with E-state index in [1.807, 2.05) is 0 Å². The Bertz CT molecular complexity index is 460. The zero-order valence-corrected chi connectivity index (χ0v) is 18.8. The Labute approximate surface area is 172 Å². The monoisotopic (exact) mass is 396 g/mol. The summed E-state index contributed by atoms with van der Waals surface area (Å²) in [5.74, 6) is -1.30. The van der Waals surface area contributed by atoms with Crippen LogP contribution in [0.1, 0.15) is 118 Å². The normalized spacial score (nSPS) is 23.5. The molecular formula is C24H44O4. The van der Waals surface area contributed by atoms with Crippen molar-refractivity contribution in [1.82, 2.24) is 0 Å². The molecule has 28 heavy (non-hydrogen) atoms. The quantitative estimate of drug-likeness (QED) is 0.260. The molecule has 1 aliphatic rings. The van der Waals surface area contributed by atoms with Crippen LogP contribution in [0.15, 0.2) is 0 Å². The minimum absolute atomic E-state index is 0.0826. The highest BCUT2D eigenvalue weighted by Gasteiger charge is 2.48. The highest BCUT2D eigenvalue weighted by molar-refractivity contribution is 5.84. The van der Waals surface area contributed by atoms with Gasteiger partial charge in [-0.3, -0.25) is 9.59 Å². The van der Waals surface area contributed by atoms with E-state index in [2.05, 4.69) is 20.8 Å². The third-order valence-corrected chi connectivity index (χ3v) is 6.36. The molecule has 0 spiro atoms. The van der Waals surface area contributed by atoms with Gasteiger partial charge in [0.15, 0.2) is 0 Å². The van der Waals surface area contributed by atoms with E-state index in [4.69, 9.17) is 4.74 Å². The Morgan fingerprint density at radius 1 is 1.04 bits per heavy atom. The third kappa shape index (κ3) is 8.53. The summed E-state index contributed by atoms with van der Waals surface area (Å²) in [6.07, 6.45) is 14.8. The lowest BCUT2D eigenvalue weighted by Crippen LogP contribution is -2.44. The highest BCUT2D eigenvalue weighted by Crippen LogP contribution is 2.42. The van der Waals surface area contributed by atoms with Crippen molar-refractivity contribution in [2.24, 2.45) is 17.3 Å². The predicted octanol–water partition coefficient (Wildman–Crippen LogP) is 6.76. The van der Waals surface area contributed by atoms with Gasteiger partial charge in [-0.1, -0.05) is 78.6 Å². The van der Waals surface area contributed by atoms with E-state index in [9.17, 15) is 14.7 Å². The number of hydrogen-bond donors (Lipinski definition) is 1. The van der Waals surface area contributed by atoms with Crippen LogP contribution < -0.4 is 0 Å². The number of hydrogen-bond acceptors (Lipinski definition) is 3. The molecule has 164 valence electrons. The van der Waals surface area contributed by atoms with Crippen molar-refractivity contribution in [3.05, 3.63) is 0 Å². The van der Waals surface area contributed by atoms with Gasteiger partial charge >= 0.3 is 11.9 Å². The number of aliphatic carboxylic acids is 1. The fourth-order valence-corrected chi connectivity index (χ4v) is 4.52. The molecule has 1 saturated carbocycles. The lowest BCUT2D eigenvalue weighted by atomic mass is 9.67. The van der Waals surface area contributed by atoms with Gasteiger partial charge in [-0.25, -0.2) is 0 Å². The van der Waals surface area contributed by atoms with Gasteiger partial charge in [0.25, 0.3) is 0 Å². The van der Waals surface area contributed by atoms with Crippen LogP contribution in [0.5, 0.6) is 0 Å². The Balaban J connectivity index is 2.50. The molecule has 1 rings (SSSR count). The van der Waals surface area contributed by atoms with Gasteiger partial charge in [0, 0.05) is 0 Å². The minimum atomic E-state index is -0.876. The first kappa shape index (κ1) is 25.0. The molecule has 3 atom stereocenters. The summed E-state index contributed by atoms with van der Waals surface area (Å²) in [7, 11) is 0. The van der Waals surface area contributed by atoms with Gasteiger partial charge < -0.3 is 9.84 Å². The molecule has 0 heterocycles. The minimum Gasteiger partial charge on any atom is -0.481 e. The third-order valence-electron chi connectivity index (χ3n) is 6.36. The number of carboxylic acid groups (broad SMARTS) is 1. The van der Waals surface area contributed by atoms with Crippen LogP contribution in [0.2, 0.25) is 0 Å². The molecule has 4 nitrogen and oxygen atoms in total. The number of rotatable bonds is 14. The largest absolute Gasteiger partial charge is 0.481 e. The Hall–Kier alpha value is -1.06. The molecule has 0 aromatic heterocycles. The predicted molar refractivity (Wildman–Crippen MR) is 114 cm³/mol. The Morgan fingerprint density at radius 3 is 2.21 bits per heavy atom. The molecule has 0 radical (unpaired) electrons. The molecule has 1 fully saturated rings. The van der Waals surface area contributed by atoms with Gasteiger partial charge in [0.2, 0.25) is 0 Å². The van der Waals surface area contributed by atoms with Crippen LogP contribution in [-0.4, -0.2) is 23.1 Å². The number of esters is 1. The summed E-state index contributed by atoms with van der Waals surface area (Å²) in [4.78, 5) is 24.6. The lowest BCUT2D eigenvalue weighted by Gasteiger charge is -2.38. The topological polar surface area (TPSA) is 63.6 Å². The fourth-order valence-electron chi connectivity index (χ4n) is 4.52. The molecule has 0 aliphatic heterocycles. The lowest BCUT2D eigenvalue weighted by molar-refractivity contribution is -0.174. The van der Waals surface area contributed by atoms with Crippen molar-refractivity contribution in [3.8, 4) is 0 Å². The number of carbonyl (C=O) groups excluding carboxylic acids is 1. The smallest absolute Gasteiger partial charge is 0.312 e.